The lowest BCUT2D eigenvalue weighted by Crippen LogP contribution is -2.56. The molecular weight excluding hydrogens is 301 g/mol. The molecule has 1 heterocycles. The van der Waals surface area contributed by atoms with Crippen molar-refractivity contribution >= 4 is 11.8 Å². The van der Waals surface area contributed by atoms with Crippen LogP contribution in [0.5, 0.6) is 0 Å². The Morgan fingerprint density at radius 1 is 1.17 bits per heavy atom. The van der Waals surface area contributed by atoms with E-state index in [9.17, 15) is 14.0 Å². The molecule has 0 aliphatic carbocycles. The summed E-state index contributed by atoms with van der Waals surface area (Å²) in [7, 11) is 0. The molecule has 1 aliphatic rings. The van der Waals surface area contributed by atoms with Crippen LogP contribution in [0, 0.1) is 5.82 Å². The summed E-state index contributed by atoms with van der Waals surface area (Å²) < 4.78 is 18.5. The predicted octanol–water partition coefficient (Wildman–Crippen LogP) is 1.08. The van der Waals surface area contributed by atoms with Gasteiger partial charge in [-0.15, -0.1) is 0 Å². The Morgan fingerprint density at radius 3 is 2.30 bits per heavy atom. The molecular formula is C16H22FN3O3. The number of nitrogens with zero attached hydrogens (tertiary/aromatic N) is 1. The Kier molecular flexibility index (Phi) is 5.68. The second-order valence-corrected chi connectivity index (χ2v) is 5.84. The lowest BCUT2D eigenvalue weighted by atomic mass is 10.1. The predicted molar refractivity (Wildman–Crippen MR) is 83.1 cm³/mol. The van der Waals surface area contributed by atoms with Crippen LogP contribution in [0.4, 0.5) is 4.39 Å². The quantitative estimate of drug-likeness (QED) is 0.817. The standard InChI is InChI=1S/C16H22FN3O3/c1-10-8-20(9-11(2)23-10)12(3)15(21)18-19-16(22)13-4-6-14(17)7-5-13/h4-7,10-12H,8-9H2,1-3H3,(H,18,21)(H,19,22)/t10-,11-,12-/m0/s1. The van der Waals surface area contributed by atoms with Crippen LogP contribution in [-0.2, 0) is 9.53 Å². The fourth-order valence-corrected chi connectivity index (χ4v) is 2.60. The first-order chi connectivity index (χ1) is 10.9. The number of carbonyl (C=O) groups is 2. The largest absolute Gasteiger partial charge is 0.373 e. The lowest BCUT2D eigenvalue weighted by Gasteiger charge is -2.38. The van der Waals surface area contributed by atoms with Crippen LogP contribution < -0.4 is 10.9 Å². The van der Waals surface area contributed by atoms with E-state index in [1.165, 1.54) is 24.3 Å². The Bertz CT molecular complexity index is 554. The Labute approximate surface area is 135 Å². The molecule has 1 saturated heterocycles. The molecule has 1 aromatic carbocycles. The van der Waals surface area contributed by atoms with E-state index in [0.717, 1.165) is 0 Å². The number of hydrogen-bond acceptors (Lipinski definition) is 4. The van der Waals surface area contributed by atoms with E-state index in [0.29, 0.717) is 13.1 Å². The van der Waals surface area contributed by atoms with Gasteiger partial charge in [-0.3, -0.25) is 25.3 Å². The Hall–Kier alpha value is -1.99. The molecule has 23 heavy (non-hydrogen) atoms. The molecule has 1 aliphatic heterocycles. The lowest BCUT2D eigenvalue weighted by molar-refractivity contribution is -0.132. The highest BCUT2D eigenvalue weighted by molar-refractivity contribution is 5.95. The van der Waals surface area contributed by atoms with Crippen molar-refractivity contribution in [3.8, 4) is 0 Å². The SMILES string of the molecule is C[C@H]1CN([C@@H](C)C(=O)NNC(=O)c2ccc(F)cc2)C[C@H](C)O1. The monoisotopic (exact) mass is 323 g/mol. The van der Waals surface area contributed by atoms with Crippen LogP contribution in [-0.4, -0.2) is 48.1 Å². The van der Waals surface area contributed by atoms with Crippen molar-refractivity contribution < 1.29 is 18.7 Å². The van der Waals surface area contributed by atoms with E-state index in [-0.39, 0.29) is 23.7 Å². The maximum Gasteiger partial charge on any atom is 0.269 e. The number of nitrogens with one attached hydrogen (secondary N) is 2. The van der Waals surface area contributed by atoms with Crippen LogP contribution >= 0.6 is 0 Å². The number of rotatable bonds is 3. The zero-order chi connectivity index (χ0) is 17.0. The summed E-state index contributed by atoms with van der Waals surface area (Å²) in [5.41, 5.74) is 5.02. The van der Waals surface area contributed by atoms with E-state index in [1.807, 2.05) is 18.7 Å². The second-order valence-electron chi connectivity index (χ2n) is 5.84. The zero-order valence-corrected chi connectivity index (χ0v) is 13.5. The van der Waals surface area contributed by atoms with E-state index in [2.05, 4.69) is 10.9 Å². The molecule has 126 valence electrons. The van der Waals surface area contributed by atoms with Gasteiger partial charge in [-0.25, -0.2) is 4.39 Å². The normalized spacial score (nSPS) is 23.1. The molecule has 6 nitrogen and oxygen atoms in total. The van der Waals surface area contributed by atoms with Crippen molar-refractivity contribution in [3.05, 3.63) is 35.6 Å². The van der Waals surface area contributed by atoms with Gasteiger partial charge in [-0.05, 0) is 45.0 Å². The van der Waals surface area contributed by atoms with Gasteiger partial charge in [-0.1, -0.05) is 0 Å². The maximum absolute atomic E-state index is 12.8. The van der Waals surface area contributed by atoms with Crippen LogP contribution in [0.2, 0.25) is 0 Å². The number of ether oxygens (including phenoxy) is 1. The Balaban J connectivity index is 1.86. The maximum atomic E-state index is 12.8. The van der Waals surface area contributed by atoms with Gasteiger partial charge < -0.3 is 4.74 Å². The smallest absolute Gasteiger partial charge is 0.269 e. The van der Waals surface area contributed by atoms with Crippen LogP contribution in [0.3, 0.4) is 0 Å². The first-order valence-corrected chi connectivity index (χ1v) is 7.62. The summed E-state index contributed by atoms with van der Waals surface area (Å²) >= 11 is 0. The number of halogens is 1. The van der Waals surface area contributed by atoms with Gasteiger partial charge in [0.05, 0.1) is 18.2 Å². The van der Waals surface area contributed by atoms with E-state index < -0.39 is 17.8 Å². The molecule has 0 spiro atoms. The highest BCUT2D eigenvalue weighted by Gasteiger charge is 2.29. The number of hydrogen-bond donors (Lipinski definition) is 2. The fourth-order valence-electron chi connectivity index (χ4n) is 2.60. The van der Waals surface area contributed by atoms with E-state index in [1.54, 1.807) is 6.92 Å². The second kappa shape index (κ2) is 7.52. The first kappa shape index (κ1) is 17.4. The van der Waals surface area contributed by atoms with Gasteiger partial charge in [0, 0.05) is 18.7 Å². The third kappa shape index (κ3) is 4.74. The highest BCUT2D eigenvalue weighted by atomic mass is 19.1. The summed E-state index contributed by atoms with van der Waals surface area (Å²) in [5, 5.41) is 0. The summed E-state index contributed by atoms with van der Waals surface area (Å²) in [6, 6.07) is 4.69. The summed E-state index contributed by atoms with van der Waals surface area (Å²) in [6.07, 6.45) is 0.116. The van der Waals surface area contributed by atoms with Crippen LogP contribution in [0.25, 0.3) is 0 Å². The molecule has 1 aromatic rings. The van der Waals surface area contributed by atoms with Gasteiger partial charge in [-0.2, -0.15) is 0 Å². The van der Waals surface area contributed by atoms with Crippen LogP contribution in [0.1, 0.15) is 31.1 Å². The van der Waals surface area contributed by atoms with Crippen LogP contribution in [0.15, 0.2) is 24.3 Å². The van der Waals surface area contributed by atoms with Gasteiger partial charge in [0.15, 0.2) is 0 Å². The van der Waals surface area contributed by atoms with Crippen molar-refractivity contribution in [3.63, 3.8) is 0 Å². The number of benzene rings is 1. The molecule has 0 radical (unpaired) electrons. The number of amides is 2. The van der Waals surface area contributed by atoms with Gasteiger partial charge in [0.25, 0.3) is 11.8 Å². The molecule has 0 saturated carbocycles. The number of carbonyl (C=O) groups excluding carboxylic acids is 2. The molecule has 0 bridgehead atoms. The van der Waals surface area contributed by atoms with Crippen molar-refractivity contribution in [2.45, 2.75) is 39.0 Å². The van der Waals surface area contributed by atoms with Crippen molar-refractivity contribution in [2.75, 3.05) is 13.1 Å². The molecule has 1 fully saturated rings. The highest BCUT2D eigenvalue weighted by Crippen LogP contribution is 2.13. The summed E-state index contributed by atoms with van der Waals surface area (Å²) in [5.74, 6) is -1.22. The molecule has 2 amide bonds. The molecule has 2 rings (SSSR count). The average molecular weight is 323 g/mol. The molecule has 3 atom stereocenters. The van der Waals surface area contributed by atoms with Gasteiger partial charge >= 0.3 is 0 Å². The summed E-state index contributed by atoms with van der Waals surface area (Å²) in [6.45, 7) is 7.02. The molecule has 0 aromatic heterocycles. The third-order valence-corrected chi connectivity index (χ3v) is 3.78. The molecule has 7 heteroatoms. The average Bonchev–Trinajstić information content (AvgIpc) is 2.51. The minimum atomic E-state index is -0.491. The minimum absolute atomic E-state index is 0.0582. The minimum Gasteiger partial charge on any atom is -0.373 e. The number of morpholine rings is 1. The fraction of sp³-hybridized carbons (Fsp3) is 0.500. The molecule has 0 unspecified atom stereocenters. The van der Waals surface area contributed by atoms with Gasteiger partial charge in [0.2, 0.25) is 0 Å². The zero-order valence-electron chi connectivity index (χ0n) is 13.5. The Morgan fingerprint density at radius 2 is 1.74 bits per heavy atom. The van der Waals surface area contributed by atoms with Crippen molar-refractivity contribution in [1.82, 2.24) is 15.8 Å². The third-order valence-electron chi connectivity index (χ3n) is 3.78. The van der Waals surface area contributed by atoms with E-state index >= 15 is 0 Å². The van der Waals surface area contributed by atoms with Crippen molar-refractivity contribution in [1.29, 1.82) is 0 Å². The molecule has 2 N–H and O–H groups in total. The van der Waals surface area contributed by atoms with Gasteiger partial charge in [0.1, 0.15) is 5.82 Å². The van der Waals surface area contributed by atoms with E-state index in [4.69, 9.17) is 4.74 Å². The number of hydrazine groups is 1. The summed E-state index contributed by atoms with van der Waals surface area (Å²) in [4.78, 5) is 26.1. The first-order valence-electron chi connectivity index (χ1n) is 7.62. The van der Waals surface area contributed by atoms with Crippen molar-refractivity contribution in [2.24, 2.45) is 0 Å². The topological polar surface area (TPSA) is 70.7 Å².